The van der Waals surface area contributed by atoms with E-state index in [1.54, 1.807) is 0 Å². The van der Waals surface area contributed by atoms with Crippen molar-refractivity contribution in [3.05, 3.63) is 0 Å². The summed E-state index contributed by atoms with van der Waals surface area (Å²) >= 11 is 0. The van der Waals surface area contributed by atoms with Crippen LogP contribution in [0.4, 0.5) is 0 Å². The average molecular weight is 387 g/mol. The smallest absolute Gasteiger partial charge is 0 e. The van der Waals surface area contributed by atoms with Gasteiger partial charge >= 0.3 is 0 Å². The van der Waals surface area contributed by atoms with Gasteiger partial charge in [-0.25, -0.2) is 0 Å². The van der Waals surface area contributed by atoms with Gasteiger partial charge in [0.05, 0.1) is 0 Å². The van der Waals surface area contributed by atoms with Crippen molar-refractivity contribution in [1.82, 2.24) is 0 Å². The van der Waals surface area contributed by atoms with E-state index in [0.29, 0.717) is 0 Å². The van der Waals surface area contributed by atoms with Gasteiger partial charge in [-0.3, -0.25) is 0 Å². The van der Waals surface area contributed by atoms with Crippen molar-refractivity contribution in [2.45, 2.75) is 0 Å². The van der Waals surface area contributed by atoms with Crippen molar-refractivity contribution in [2.75, 3.05) is 0 Å². The quantitative estimate of drug-likeness (QED) is 0.450. The maximum atomic E-state index is 0. The van der Waals surface area contributed by atoms with E-state index in [9.17, 15) is 0 Å². The van der Waals surface area contributed by atoms with Gasteiger partial charge in [-0.15, -0.1) is 0 Å². The zero-order chi connectivity index (χ0) is 0. The molecule has 5 heteroatoms. The molecule has 0 heterocycles. The van der Waals surface area contributed by atoms with E-state index < -0.39 is 0 Å². The third kappa shape index (κ3) is 17.7. The van der Waals surface area contributed by atoms with E-state index in [-0.39, 0.29) is 149 Å². The van der Waals surface area contributed by atoms with Crippen molar-refractivity contribution in [3.8, 4) is 0 Å². The summed E-state index contributed by atoms with van der Waals surface area (Å²) in [4.78, 5) is 0. The number of hydrogen-bond acceptors (Lipinski definition) is 0. The minimum Gasteiger partial charge on any atom is -0.412 e. The number of rotatable bonds is 0. The van der Waals surface area contributed by atoms with Gasteiger partial charge in [0.2, 0.25) is 0 Å². The van der Waals surface area contributed by atoms with Crippen LogP contribution < -0.4 is 0 Å². The minimum absolute atomic E-state index is 0. The molecule has 0 atom stereocenters. The Hall–Kier alpha value is 4.64. The van der Waals surface area contributed by atoms with Crippen molar-refractivity contribution in [1.29, 1.82) is 0 Å². The van der Waals surface area contributed by atoms with Crippen molar-refractivity contribution >= 4 is 91.0 Å². The van der Waals surface area contributed by atoms with Crippen LogP contribution in [0.2, 0.25) is 0 Å². The second-order valence-corrected chi connectivity index (χ2v) is 0. The van der Waals surface area contributed by atoms with E-state index in [1.165, 1.54) is 0 Å². The van der Waals surface area contributed by atoms with Crippen LogP contribution in [-0.4, -0.2) is 96.4 Å². The predicted octanol–water partition coefficient (Wildman–Crippen LogP) is -1.59. The Morgan fingerprint density at radius 2 is 0.800 bits per heavy atom. The SMILES string of the molecule is O.[La].[Mn].[Sr].[Sr]. The summed E-state index contributed by atoms with van der Waals surface area (Å²) in [5.74, 6) is 0. The summed E-state index contributed by atoms with van der Waals surface area (Å²) in [7, 11) is 0. The van der Waals surface area contributed by atoms with Gasteiger partial charge in [0.15, 0.2) is 0 Å². The van der Waals surface area contributed by atoms with E-state index in [1.807, 2.05) is 0 Å². The molecule has 5 heavy (non-hydrogen) atoms. The molecule has 0 aliphatic rings. The van der Waals surface area contributed by atoms with Crippen LogP contribution in [0.1, 0.15) is 0 Å². The molecule has 0 saturated heterocycles. The van der Waals surface area contributed by atoms with Crippen LogP contribution in [0.5, 0.6) is 0 Å². The first-order valence-corrected chi connectivity index (χ1v) is 0. The minimum atomic E-state index is 0. The molecule has 0 aliphatic carbocycles. The van der Waals surface area contributed by atoms with Crippen LogP contribution in [0, 0.1) is 35.6 Å². The molecule has 0 unspecified atom stereocenters. The molecule has 0 spiro atoms. The van der Waals surface area contributed by atoms with Gasteiger partial charge in [-0.1, -0.05) is 0 Å². The molecule has 0 aromatic rings. The summed E-state index contributed by atoms with van der Waals surface area (Å²) < 4.78 is 0. The maximum Gasteiger partial charge on any atom is 0 e. The third-order valence-electron chi connectivity index (χ3n) is 0. The summed E-state index contributed by atoms with van der Waals surface area (Å²) in [5.41, 5.74) is 0. The first-order chi connectivity index (χ1) is 0. The van der Waals surface area contributed by atoms with Crippen molar-refractivity contribution < 1.29 is 58.1 Å². The van der Waals surface area contributed by atoms with Gasteiger partial charge in [0.25, 0.3) is 0 Å². The molecule has 0 aliphatic heterocycles. The molecule has 0 saturated carbocycles. The molecule has 0 aromatic heterocycles. The summed E-state index contributed by atoms with van der Waals surface area (Å²) in [6.45, 7) is 0. The van der Waals surface area contributed by atoms with E-state index >= 15 is 0 Å². The van der Waals surface area contributed by atoms with Crippen LogP contribution in [0.25, 0.3) is 0 Å². The van der Waals surface area contributed by atoms with Crippen LogP contribution >= 0.6 is 0 Å². The largest absolute Gasteiger partial charge is 0.412 e. The van der Waals surface area contributed by atoms with Gasteiger partial charge in [0.1, 0.15) is 0 Å². The van der Waals surface area contributed by atoms with Crippen LogP contribution in [0.15, 0.2) is 0 Å². The third-order valence-corrected chi connectivity index (χ3v) is 0. The zero-order valence-corrected chi connectivity index (χ0v) is 14.6. The average Bonchev–Trinajstić information content (AvgIpc) is 0. The van der Waals surface area contributed by atoms with Gasteiger partial charge in [0, 0.05) is 144 Å². The Bertz CT molecular complexity index is 9.61. The number of hydrogen-bond donors (Lipinski definition) is 0. The molecule has 0 aromatic carbocycles. The second-order valence-electron chi connectivity index (χ2n) is 0. The molecule has 6 radical (unpaired) electrons. The normalized spacial score (nSPS) is 0. The summed E-state index contributed by atoms with van der Waals surface area (Å²) in [6, 6.07) is 0. The van der Waals surface area contributed by atoms with Gasteiger partial charge < -0.3 is 5.48 Å². The summed E-state index contributed by atoms with van der Waals surface area (Å²) in [6.07, 6.45) is 0. The van der Waals surface area contributed by atoms with Crippen LogP contribution in [0.3, 0.4) is 0 Å². The molecule has 0 rings (SSSR count). The van der Waals surface area contributed by atoms with Crippen LogP contribution in [-0.2, 0) is 17.1 Å². The Morgan fingerprint density at radius 1 is 0.800 bits per heavy atom. The van der Waals surface area contributed by atoms with E-state index in [2.05, 4.69) is 0 Å². The molecule has 22 valence electrons. The molecule has 0 fully saturated rings. The van der Waals surface area contributed by atoms with Crippen molar-refractivity contribution in [2.24, 2.45) is 0 Å². The van der Waals surface area contributed by atoms with Gasteiger partial charge in [-0.2, -0.15) is 0 Å². The fraction of sp³-hybridized carbons (Fsp3) is 0. The molecular formula is H2LaMnOSr2. The monoisotopic (exact) mass is 388 g/mol. The Kier molecular flexibility index (Phi) is 157. The molecule has 2 N–H and O–H groups in total. The standard InChI is InChI=1S/La.Mn.H2O.2Sr/h;;1H2;;. The van der Waals surface area contributed by atoms with E-state index in [0.717, 1.165) is 0 Å². The molecule has 0 bridgehead atoms. The first kappa shape index (κ1) is 33.4. The molecule has 1 nitrogen and oxygen atoms in total. The molecule has 0 amide bonds. The van der Waals surface area contributed by atoms with Gasteiger partial charge in [-0.05, 0) is 0 Å². The zero-order valence-electron chi connectivity index (χ0n) is 2.87. The fourth-order valence-electron chi connectivity index (χ4n) is 0. The van der Waals surface area contributed by atoms with E-state index in [4.69, 9.17) is 0 Å². The Balaban J connectivity index is 0. The predicted molar refractivity (Wildman–Crippen MR) is 15.1 cm³/mol. The second kappa shape index (κ2) is 23.4. The Morgan fingerprint density at radius 3 is 0.800 bits per heavy atom. The van der Waals surface area contributed by atoms with Crippen molar-refractivity contribution in [3.63, 3.8) is 0 Å². The Labute approximate surface area is 144 Å². The maximum absolute atomic E-state index is 0. The summed E-state index contributed by atoms with van der Waals surface area (Å²) in [5, 5.41) is 0. The molecular weight excluding hydrogens is 385 g/mol. The fourth-order valence-corrected chi connectivity index (χ4v) is 0. The topological polar surface area (TPSA) is 31.5 Å². The first-order valence-electron chi connectivity index (χ1n) is 0.